The second kappa shape index (κ2) is 5.11. The van der Waals surface area contributed by atoms with E-state index in [9.17, 15) is 4.79 Å². The minimum atomic E-state index is -1.29. The number of primary amides is 1. The van der Waals surface area contributed by atoms with Crippen LogP contribution < -0.4 is 11.1 Å². The first-order chi connectivity index (χ1) is 6.99. The molecule has 0 bridgehead atoms. The van der Waals surface area contributed by atoms with Crippen molar-refractivity contribution >= 4 is 34.9 Å². The fourth-order valence-corrected chi connectivity index (χ4v) is 1.19. The van der Waals surface area contributed by atoms with E-state index in [-0.39, 0.29) is 17.0 Å². The van der Waals surface area contributed by atoms with Gasteiger partial charge < -0.3 is 16.2 Å². The molecule has 0 aliphatic heterocycles. The van der Waals surface area contributed by atoms with E-state index in [4.69, 9.17) is 34.0 Å². The summed E-state index contributed by atoms with van der Waals surface area (Å²) >= 11 is 11.1. The van der Waals surface area contributed by atoms with Crippen LogP contribution in [0.3, 0.4) is 0 Å². The van der Waals surface area contributed by atoms with Gasteiger partial charge in [0.15, 0.2) is 0 Å². The summed E-state index contributed by atoms with van der Waals surface area (Å²) in [7, 11) is 0. The predicted octanol–water partition coefficient (Wildman–Crippen LogP) is 0.0415. The van der Waals surface area contributed by atoms with Crippen molar-refractivity contribution in [2.24, 2.45) is 5.73 Å². The highest BCUT2D eigenvalue weighted by atomic mass is 35.5. The zero-order valence-electron chi connectivity index (χ0n) is 7.44. The average Bonchev–Trinajstić information content (AvgIpc) is 2.12. The number of nitrogens with zero attached hydrogens (tertiary/aromatic N) is 2. The van der Waals surface area contributed by atoms with Gasteiger partial charge in [0, 0.05) is 6.07 Å². The molecule has 1 aromatic heterocycles. The highest BCUT2D eigenvalue weighted by Crippen LogP contribution is 2.13. The Balaban J connectivity index is 2.61. The maximum atomic E-state index is 10.5. The number of nitrogens with two attached hydrogens (primary N) is 1. The van der Waals surface area contributed by atoms with E-state index in [0.29, 0.717) is 5.82 Å². The largest absolute Gasteiger partial charge is 0.381 e. The number of hydrogen-bond acceptors (Lipinski definition) is 5. The van der Waals surface area contributed by atoms with Crippen molar-refractivity contribution in [1.82, 2.24) is 9.97 Å². The van der Waals surface area contributed by atoms with Crippen LogP contribution in [0, 0.1) is 0 Å². The number of nitrogens with one attached hydrogen (secondary N) is 1. The van der Waals surface area contributed by atoms with E-state index < -0.39 is 12.0 Å². The van der Waals surface area contributed by atoms with Crippen LogP contribution in [0.1, 0.15) is 0 Å². The third-order valence-electron chi connectivity index (χ3n) is 1.47. The summed E-state index contributed by atoms with van der Waals surface area (Å²) in [5.74, 6) is -0.519. The molecular weight excluding hydrogens is 243 g/mol. The maximum Gasteiger partial charge on any atom is 0.248 e. The zero-order valence-corrected chi connectivity index (χ0v) is 8.96. The van der Waals surface area contributed by atoms with Gasteiger partial charge in [-0.25, -0.2) is 9.97 Å². The van der Waals surface area contributed by atoms with Gasteiger partial charge in [-0.3, -0.25) is 4.79 Å². The van der Waals surface area contributed by atoms with E-state index in [1.54, 1.807) is 0 Å². The summed E-state index contributed by atoms with van der Waals surface area (Å²) in [5, 5.41) is 11.8. The highest BCUT2D eigenvalue weighted by Gasteiger charge is 2.10. The lowest BCUT2D eigenvalue weighted by Crippen LogP contribution is -2.34. The van der Waals surface area contributed by atoms with Crippen molar-refractivity contribution in [1.29, 1.82) is 0 Å². The topological polar surface area (TPSA) is 101 Å². The molecule has 1 atom stereocenters. The van der Waals surface area contributed by atoms with Crippen molar-refractivity contribution in [2.45, 2.75) is 6.10 Å². The lowest BCUT2D eigenvalue weighted by Gasteiger charge is -2.08. The molecule has 0 saturated carbocycles. The van der Waals surface area contributed by atoms with Crippen molar-refractivity contribution in [2.75, 3.05) is 11.9 Å². The standard InChI is InChI=1S/C7H8Cl2N4O2/c8-4-1-5(13-7(9)12-4)11-2-3(14)6(10)15/h1,3,14H,2H2,(H2,10,15)(H,11,12,13). The molecule has 8 heteroatoms. The van der Waals surface area contributed by atoms with Crippen LogP contribution in [0.4, 0.5) is 5.82 Å². The van der Waals surface area contributed by atoms with Gasteiger partial charge in [0.25, 0.3) is 0 Å². The number of hydrogen-bond donors (Lipinski definition) is 3. The number of carbonyl (C=O) groups excluding carboxylic acids is 1. The van der Waals surface area contributed by atoms with Crippen LogP contribution in [-0.4, -0.2) is 33.6 Å². The van der Waals surface area contributed by atoms with Crippen LogP contribution in [0.25, 0.3) is 0 Å². The molecule has 1 aromatic rings. The van der Waals surface area contributed by atoms with E-state index in [2.05, 4.69) is 15.3 Å². The Bertz CT molecular complexity index is 354. The fraction of sp³-hybridized carbons (Fsp3) is 0.286. The Morgan fingerprint density at radius 2 is 2.27 bits per heavy atom. The number of amides is 1. The summed E-state index contributed by atoms with van der Waals surface area (Å²) in [6.45, 7) is -0.0704. The minimum absolute atomic E-state index is 0.0291. The molecule has 0 aliphatic carbocycles. The Morgan fingerprint density at radius 3 is 2.80 bits per heavy atom. The van der Waals surface area contributed by atoms with Crippen LogP contribution in [0.15, 0.2) is 6.07 Å². The van der Waals surface area contributed by atoms with Gasteiger partial charge in [-0.2, -0.15) is 0 Å². The van der Waals surface area contributed by atoms with E-state index >= 15 is 0 Å². The molecule has 4 N–H and O–H groups in total. The molecule has 0 saturated heterocycles. The molecule has 15 heavy (non-hydrogen) atoms. The van der Waals surface area contributed by atoms with E-state index in [0.717, 1.165) is 0 Å². The number of carbonyl (C=O) groups is 1. The molecule has 1 amide bonds. The van der Waals surface area contributed by atoms with Gasteiger partial charge in [-0.05, 0) is 11.6 Å². The van der Waals surface area contributed by atoms with Gasteiger partial charge >= 0.3 is 0 Å². The smallest absolute Gasteiger partial charge is 0.248 e. The molecule has 0 spiro atoms. The number of rotatable bonds is 4. The summed E-state index contributed by atoms with van der Waals surface area (Å²) < 4.78 is 0. The molecule has 0 radical (unpaired) electrons. The highest BCUT2D eigenvalue weighted by molar-refractivity contribution is 6.32. The molecule has 1 unspecified atom stereocenters. The third kappa shape index (κ3) is 3.86. The molecule has 0 aromatic carbocycles. The molecule has 0 aliphatic rings. The van der Waals surface area contributed by atoms with Crippen LogP contribution in [0.2, 0.25) is 10.4 Å². The zero-order chi connectivity index (χ0) is 11.4. The third-order valence-corrected chi connectivity index (χ3v) is 1.84. The normalized spacial score (nSPS) is 12.2. The number of aliphatic hydroxyl groups excluding tert-OH is 1. The summed E-state index contributed by atoms with van der Waals surface area (Å²) in [6.07, 6.45) is -1.29. The van der Waals surface area contributed by atoms with Gasteiger partial charge in [0.05, 0.1) is 6.54 Å². The van der Waals surface area contributed by atoms with Crippen molar-refractivity contribution in [3.63, 3.8) is 0 Å². The summed E-state index contributed by atoms with van der Waals surface area (Å²) in [5.41, 5.74) is 4.85. The second-order valence-electron chi connectivity index (χ2n) is 2.64. The van der Waals surface area contributed by atoms with E-state index in [1.807, 2.05) is 0 Å². The molecule has 0 fully saturated rings. The molecule has 6 nitrogen and oxygen atoms in total. The van der Waals surface area contributed by atoms with E-state index in [1.165, 1.54) is 6.07 Å². The number of aromatic nitrogens is 2. The van der Waals surface area contributed by atoms with Crippen molar-refractivity contribution in [3.05, 3.63) is 16.5 Å². The second-order valence-corrected chi connectivity index (χ2v) is 3.37. The average molecular weight is 251 g/mol. The van der Waals surface area contributed by atoms with Gasteiger partial charge in [-0.15, -0.1) is 0 Å². The number of aliphatic hydroxyl groups is 1. The molecular formula is C7H8Cl2N4O2. The monoisotopic (exact) mass is 250 g/mol. The predicted molar refractivity (Wildman–Crippen MR) is 55.7 cm³/mol. The van der Waals surface area contributed by atoms with Gasteiger partial charge in [-0.1, -0.05) is 11.6 Å². The molecule has 1 rings (SSSR count). The number of anilines is 1. The Kier molecular flexibility index (Phi) is 4.07. The summed E-state index contributed by atoms with van der Waals surface area (Å²) in [6, 6.07) is 1.40. The van der Waals surface area contributed by atoms with Crippen molar-refractivity contribution in [3.8, 4) is 0 Å². The Morgan fingerprint density at radius 1 is 1.60 bits per heavy atom. The Hall–Kier alpha value is -1.11. The first-order valence-corrected chi connectivity index (χ1v) is 4.66. The lowest BCUT2D eigenvalue weighted by molar-refractivity contribution is -0.125. The number of halogens is 2. The molecule has 82 valence electrons. The van der Waals surface area contributed by atoms with Crippen LogP contribution >= 0.6 is 23.2 Å². The summed E-state index contributed by atoms with van der Waals surface area (Å²) in [4.78, 5) is 17.9. The van der Waals surface area contributed by atoms with Gasteiger partial charge in [0.2, 0.25) is 11.2 Å². The van der Waals surface area contributed by atoms with Crippen LogP contribution in [0.5, 0.6) is 0 Å². The SMILES string of the molecule is NC(=O)C(O)CNc1cc(Cl)nc(Cl)n1. The van der Waals surface area contributed by atoms with Crippen LogP contribution in [-0.2, 0) is 4.79 Å². The minimum Gasteiger partial charge on any atom is -0.381 e. The maximum absolute atomic E-state index is 10.5. The first-order valence-electron chi connectivity index (χ1n) is 3.90. The fourth-order valence-electron chi connectivity index (χ4n) is 0.782. The Labute approximate surface area is 95.4 Å². The first kappa shape index (κ1) is 12.0. The van der Waals surface area contributed by atoms with Gasteiger partial charge in [0.1, 0.15) is 17.1 Å². The molecule has 1 heterocycles. The van der Waals surface area contributed by atoms with Crippen molar-refractivity contribution < 1.29 is 9.90 Å². The quantitative estimate of drug-likeness (QED) is 0.518. The lowest BCUT2D eigenvalue weighted by atomic mass is 10.3.